The van der Waals surface area contributed by atoms with Gasteiger partial charge in [-0.2, -0.15) is 0 Å². The summed E-state index contributed by atoms with van der Waals surface area (Å²) < 4.78 is 5.47. The smallest absolute Gasteiger partial charge is 0.117 e. The second-order valence-corrected chi connectivity index (χ2v) is 5.26. The first-order valence-electron chi connectivity index (χ1n) is 6.65. The molecule has 1 saturated carbocycles. The fraction of sp³-hybridized carbons (Fsp3) is 0.714. The van der Waals surface area contributed by atoms with E-state index < -0.39 is 0 Å². The first-order valence-corrected chi connectivity index (χ1v) is 6.65. The third-order valence-electron chi connectivity index (χ3n) is 3.81. The van der Waals surface area contributed by atoms with Crippen molar-refractivity contribution in [2.75, 3.05) is 13.6 Å². The Labute approximate surface area is 104 Å². The summed E-state index contributed by atoms with van der Waals surface area (Å²) in [5.41, 5.74) is 0. The largest absolute Gasteiger partial charge is 0.468 e. The Morgan fingerprint density at radius 3 is 2.76 bits per heavy atom. The SMILES string of the molecule is CNCC(C)C(C)N(Cc1ccco1)C1CC1. The molecule has 1 fully saturated rings. The molecule has 1 N–H and O–H groups in total. The molecule has 2 rings (SSSR count). The average molecular weight is 236 g/mol. The minimum atomic E-state index is 0.597. The van der Waals surface area contributed by atoms with E-state index in [2.05, 4.69) is 30.1 Å². The molecule has 1 aliphatic rings. The summed E-state index contributed by atoms with van der Waals surface area (Å²) in [6.45, 7) is 6.68. The number of furan rings is 1. The standard InChI is InChI=1S/C14H24N2O/c1-11(9-15-3)12(2)16(13-6-7-13)10-14-5-4-8-17-14/h4-5,8,11-13,15H,6-7,9-10H2,1-3H3. The molecule has 1 aromatic rings. The zero-order chi connectivity index (χ0) is 12.3. The van der Waals surface area contributed by atoms with Gasteiger partial charge in [0.2, 0.25) is 0 Å². The summed E-state index contributed by atoms with van der Waals surface area (Å²) >= 11 is 0. The van der Waals surface area contributed by atoms with Crippen LogP contribution in [0.1, 0.15) is 32.4 Å². The summed E-state index contributed by atoms with van der Waals surface area (Å²) in [7, 11) is 2.03. The fourth-order valence-electron chi connectivity index (χ4n) is 2.41. The highest BCUT2D eigenvalue weighted by Crippen LogP contribution is 2.32. The lowest BCUT2D eigenvalue weighted by molar-refractivity contribution is 0.133. The minimum Gasteiger partial charge on any atom is -0.468 e. The van der Waals surface area contributed by atoms with Gasteiger partial charge in [-0.05, 0) is 51.4 Å². The van der Waals surface area contributed by atoms with Gasteiger partial charge in [-0.3, -0.25) is 4.90 Å². The summed E-state index contributed by atoms with van der Waals surface area (Å²) in [6.07, 6.45) is 4.46. The molecule has 1 heterocycles. The van der Waals surface area contributed by atoms with Crippen molar-refractivity contribution >= 4 is 0 Å². The zero-order valence-electron chi connectivity index (χ0n) is 11.1. The summed E-state index contributed by atoms with van der Waals surface area (Å²) in [6, 6.07) is 5.42. The second-order valence-electron chi connectivity index (χ2n) is 5.26. The van der Waals surface area contributed by atoms with Crippen LogP contribution in [-0.4, -0.2) is 30.6 Å². The van der Waals surface area contributed by atoms with Gasteiger partial charge < -0.3 is 9.73 Å². The number of nitrogens with zero attached hydrogens (tertiary/aromatic N) is 1. The molecule has 2 atom stereocenters. The molecule has 3 nitrogen and oxygen atoms in total. The van der Waals surface area contributed by atoms with Gasteiger partial charge in [0.25, 0.3) is 0 Å². The van der Waals surface area contributed by atoms with E-state index in [1.807, 2.05) is 13.1 Å². The van der Waals surface area contributed by atoms with Crippen molar-refractivity contribution in [1.29, 1.82) is 0 Å². The number of hydrogen-bond acceptors (Lipinski definition) is 3. The third kappa shape index (κ3) is 3.33. The molecule has 96 valence electrons. The summed E-state index contributed by atoms with van der Waals surface area (Å²) in [5.74, 6) is 1.75. The molecule has 0 aromatic carbocycles. The molecule has 0 saturated heterocycles. The lowest BCUT2D eigenvalue weighted by Crippen LogP contribution is -2.41. The van der Waals surface area contributed by atoms with E-state index >= 15 is 0 Å². The van der Waals surface area contributed by atoms with Gasteiger partial charge in [0.1, 0.15) is 5.76 Å². The molecule has 0 spiro atoms. The Balaban J connectivity index is 1.96. The Hall–Kier alpha value is -0.800. The summed E-state index contributed by atoms with van der Waals surface area (Å²) in [5, 5.41) is 3.27. The van der Waals surface area contributed by atoms with Crippen LogP contribution in [0.3, 0.4) is 0 Å². The van der Waals surface area contributed by atoms with E-state index in [0.717, 1.165) is 24.9 Å². The van der Waals surface area contributed by atoms with Crippen LogP contribution in [0.4, 0.5) is 0 Å². The van der Waals surface area contributed by atoms with Crippen LogP contribution in [0.2, 0.25) is 0 Å². The van der Waals surface area contributed by atoms with Gasteiger partial charge in [0.05, 0.1) is 12.8 Å². The summed E-state index contributed by atoms with van der Waals surface area (Å²) in [4.78, 5) is 2.60. The highest BCUT2D eigenvalue weighted by molar-refractivity contribution is 5.01. The Bertz CT molecular complexity index is 319. The molecule has 3 heteroatoms. The van der Waals surface area contributed by atoms with Crippen LogP contribution < -0.4 is 5.32 Å². The molecule has 0 bridgehead atoms. The van der Waals surface area contributed by atoms with Gasteiger partial charge in [0, 0.05) is 12.1 Å². The molecular formula is C14H24N2O. The fourth-order valence-corrected chi connectivity index (χ4v) is 2.41. The minimum absolute atomic E-state index is 0.597. The van der Waals surface area contributed by atoms with Crippen LogP contribution in [-0.2, 0) is 6.54 Å². The maximum absolute atomic E-state index is 5.47. The van der Waals surface area contributed by atoms with Crippen molar-refractivity contribution in [3.05, 3.63) is 24.2 Å². The van der Waals surface area contributed by atoms with Crippen LogP contribution >= 0.6 is 0 Å². The monoisotopic (exact) mass is 236 g/mol. The zero-order valence-corrected chi connectivity index (χ0v) is 11.1. The predicted molar refractivity (Wildman–Crippen MR) is 69.8 cm³/mol. The predicted octanol–water partition coefficient (Wildman–Crippen LogP) is 2.49. The van der Waals surface area contributed by atoms with E-state index in [4.69, 9.17) is 4.42 Å². The molecule has 2 unspecified atom stereocenters. The molecule has 0 amide bonds. The molecule has 0 radical (unpaired) electrons. The Morgan fingerprint density at radius 1 is 1.47 bits per heavy atom. The van der Waals surface area contributed by atoms with Crippen molar-refractivity contribution in [3.63, 3.8) is 0 Å². The Kier molecular flexibility index (Phi) is 4.24. The van der Waals surface area contributed by atoms with E-state index in [1.54, 1.807) is 6.26 Å². The first-order chi connectivity index (χ1) is 8.22. The van der Waals surface area contributed by atoms with Crippen molar-refractivity contribution < 1.29 is 4.42 Å². The van der Waals surface area contributed by atoms with E-state index in [0.29, 0.717) is 12.0 Å². The van der Waals surface area contributed by atoms with Crippen molar-refractivity contribution in [1.82, 2.24) is 10.2 Å². The topological polar surface area (TPSA) is 28.4 Å². The quantitative estimate of drug-likeness (QED) is 0.788. The Morgan fingerprint density at radius 2 is 2.24 bits per heavy atom. The maximum atomic E-state index is 5.47. The van der Waals surface area contributed by atoms with Crippen LogP contribution in [0.15, 0.2) is 22.8 Å². The van der Waals surface area contributed by atoms with Gasteiger partial charge >= 0.3 is 0 Å². The van der Waals surface area contributed by atoms with Gasteiger partial charge in [0.15, 0.2) is 0 Å². The second kappa shape index (κ2) is 5.69. The van der Waals surface area contributed by atoms with Crippen molar-refractivity contribution in [2.45, 2.75) is 45.3 Å². The molecule has 1 aromatic heterocycles. The number of nitrogens with one attached hydrogen (secondary N) is 1. The molecular weight excluding hydrogens is 212 g/mol. The highest BCUT2D eigenvalue weighted by Gasteiger charge is 2.34. The number of rotatable bonds is 7. The van der Waals surface area contributed by atoms with E-state index in [1.165, 1.54) is 12.8 Å². The third-order valence-corrected chi connectivity index (χ3v) is 3.81. The van der Waals surface area contributed by atoms with Crippen LogP contribution in [0.5, 0.6) is 0 Å². The normalized spacial score (nSPS) is 19.5. The lowest BCUT2D eigenvalue weighted by Gasteiger charge is -2.32. The lowest BCUT2D eigenvalue weighted by atomic mass is 10.0. The van der Waals surface area contributed by atoms with Gasteiger partial charge in [-0.15, -0.1) is 0 Å². The molecule has 1 aliphatic carbocycles. The van der Waals surface area contributed by atoms with Crippen molar-refractivity contribution in [2.24, 2.45) is 5.92 Å². The van der Waals surface area contributed by atoms with E-state index in [-0.39, 0.29) is 0 Å². The maximum Gasteiger partial charge on any atom is 0.117 e. The molecule has 17 heavy (non-hydrogen) atoms. The van der Waals surface area contributed by atoms with Gasteiger partial charge in [-0.1, -0.05) is 6.92 Å². The van der Waals surface area contributed by atoms with Gasteiger partial charge in [-0.25, -0.2) is 0 Å². The van der Waals surface area contributed by atoms with Crippen molar-refractivity contribution in [3.8, 4) is 0 Å². The van der Waals surface area contributed by atoms with Crippen LogP contribution in [0, 0.1) is 5.92 Å². The molecule has 0 aliphatic heterocycles. The number of hydrogen-bond donors (Lipinski definition) is 1. The first kappa shape index (κ1) is 12.7. The van der Waals surface area contributed by atoms with E-state index in [9.17, 15) is 0 Å². The van der Waals surface area contributed by atoms with Crippen LogP contribution in [0.25, 0.3) is 0 Å². The highest BCUT2D eigenvalue weighted by atomic mass is 16.3. The average Bonchev–Trinajstić information content (AvgIpc) is 3.03.